The molecule has 1 atom stereocenters. The first-order chi connectivity index (χ1) is 8.66. The number of hydrogen-bond acceptors (Lipinski definition) is 3. The number of amides is 1. The number of nitrogens with zero attached hydrogens (tertiary/aromatic N) is 1. The number of hydrogen-bond donors (Lipinski definition) is 2. The van der Waals surface area contributed by atoms with E-state index in [1.807, 2.05) is 19.1 Å². The van der Waals surface area contributed by atoms with E-state index >= 15 is 0 Å². The molecule has 0 aliphatic heterocycles. The van der Waals surface area contributed by atoms with Crippen LogP contribution in [0.3, 0.4) is 0 Å². The van der Waals surface area contributed by atoms with Crippen molar-refractivity contribution in [2.24, 2.45) is 5.73 Å². The van der Waals surface area contributed by atoms with Crippen molar-refractivity contribution in [1.82, 2.24) is 10.3 Å². The van der Waals surface area contributed by atoms with E-state index in [4.69, 9.17) is 5.73 Å². The molecule has 0 spiro atoms. The van der Waals surface area contributed by atoms with Crippen molar-refractivity contribution in [2.45, 2.75) is 51.1 Å². The van der Waals surface area contributed by atoms with Gasteiger partial charge >= 0.3 is 0 Å². The molecule has 1 aromatic rings. The number of aryl methyl sites for hydroxylation is 1. The topological polar surface area (TPSA) is 68.0 Å². The maximum Gasteiger partial charge on any atom is 0.239 e. The van der Waals surface area contributed by atoms with Crippen molar-refractivity contribution in [3.63, 3.8) is 0 Å². The number of aromatic nitrogens is 1. The fourth-order valence-corrected chi connectivity index (χ4v) is 2.50. The lowest BCUT2D eigenvalue weighted by atomic mass is 9.94. The molecule has 2 rings (SSSR count). The summed E-state index contributed by atoms with van der Waals surface area (Å²) in [6.07, 6.45) is 7.75. The third kappa shape index (κ3) is 3.29. The Bertz CT molecular complexity index is 396. The van der Waals surface area contributed by atoms with E-state index in [2.05, 4.69) is 10.3 Å². The monoisotopic (exact) mass is 247 g/mol. The van der Waals surface area contributed by atoms with Crippen molar-refractivity contribution in [1.29, 1.82) is 0 Å². The Balaban J connectivity index is 2.07. The second-order valence-corrected chi connectivity index (χ2v) is 5.07. The van der Waals surface area contributed by atoms with E-state index in [9.17, 15) is 4.79 Å². The molecular formula is C14H21N3O. The second-order valence-electron chi connectivity index (χ2n) is 5.07. The van der Waals surface area contributed by atoms with Gasteiger partial charge in [-0.15, -0.1) is 0 Å². The van der Waals surface area contributed by atoms with Crippen LogP contribution >= 0.6 is 0 Å². The third-order valence-electron chi connectivity index (χ3n) is 3.56. The van der Waals surface area contributed by atoms with Gasteiger partial charge in [0.2, 0.25) is 5.91 Å². The van der Waals surface area contributed by atoms with Crippen LogP contribution in [0.5, 0.6) is 0 Å². The molecule has 3 N–H and O–H groups in total. The normalized spacial score (nSPS) is 18.5. The molecule has 0 saturated heterocycles. The van der Waals surface area contributed by atoms with Gasteiger partial charge in [-0.3, -0.25) is 15.1 Å². The third-order valence-corrected chi connectivity index (χ3v) is 3.56. The zero-order chi connectivity index (χ0) is 13.0. The summed E-state index contributed by atoms with van der Waals surface area (Å²) >= 11 is 0. The second kappa shape index (κ2) is 5.96. The van der Waals surface area contributed by atoms with E-state index < -0.39 is 6.04 Å². The van der Waals surface area contributed by atoms with Gasteiger partial charge in [0.15, 0.2) is 0 Å². The summed E-state index contributed by atoms with van der Waals surface area (Å²) < 4.78 is 0. The summed E-state index contributed by atoms with van der Waals surface area (Å²) in [6, 6.07) is 3.82. The molecule has 98 valence electrons. The van der Waals surface area contributed by atoms with Crippen molar-refractivity contribution >= 4 is 5.91 Å². The SMILES string of the molecule is Cc1ccc(C(NC2CCCCC2)C(N)=O)cn1. The molecule has 1 aliphatic carbocycles. The highest BCUT2D eigenvalue weighted by molar-refractivity contribution is 5.81. The van der Waals surface area contributed by atoms with E-state index in [1.165, 1.54) is 19.3 Å². The average molecular weight is 247 g/mol. The summed E-state index contributed by atoms with van der Waals surface area (Å²) in [5.74, 6) is -0.328. The van der Waals surface area contributed by atoms with Crippen LogP contribution < -0.4 is 11.1 Å². The van der Waals surface area contributed by atoms with Gasteiger partial charge in [0.1, 0.15) is 6.04 Å². The first-order valence-corrected chi connectivity index (χ1v) is 6.65. The summed E-state index contributed by atoms with van der Waals surface area (Å²) in [4.78, 5) is 15.8. The number of pyridine rings is 1. The van der Waals surface area contributed by atoms with Gasteiger partial charge in [-0.1, -0.05) is 25.3 Å². The quantitative estimate of drug-likeness (QED) is 0.853. The molecule has 1 aliphatic rings. The molecule has 1 fully saturated rings. The van der Waals surface area contributed by atoms with Crippen LogP contribution in [0.15, 0.2) is 18.3 Å². The highest BCUT2D eigenvalue weighted by Gasteiger charge is 2.23. The summed E-state index contributed by atoms with van der Waals surface area (Å²) in [5, 5.41) is 3.38. The number of carbonyl (C=O) groups is 1. The largest absolute Gasteiger partial charge is 0.368 e. The molecular weight excluding hydrogens is 226 g/mol. The lowest BCUT2D eigenvalue weighted by Crippen LogP contribution is -2.41. The highest BCUT2D eigenvalue weighted by atomic mass is 16.1. The summed E-state index contributed by atoms with van der Waals surface area (Å²) in [7, 11) is 0. The van der Waals surface area contributed by atoms with Crippen LogP contribution in [-0.2, 0) is 4.79 Å². The van der Waals surface area contributed by atoms with Gasteiger partial charge in [0.25, 0.3) is 0 Å². The van der Waals surface area contributed by atoms with Crippen LogP contribution in [-0.4, -0.2) is 16.9 Å². The van der Waals surface area contributed by atoms with Gasteiger partial charge in [-0.25, -0.2) is 0 Å². The molecule has 18 heavy (non-hydrogen) atoms. The van der Waals surface area contributed by atoms with E-state index in [-0.39, 0.29) is 5.91 Å². The Labute approximate surface area is 108 Å². The maximum absolute atomic E-state index is 11.6. The van der Waals surface area contributed by atoms with Crippen LogP contribution in [0.4, 0.5) is 0 Å². The number of carbonyl (C=O) groups excluding carboxylic acids is 1. The molecule has 4 heteroatoms. The summed E-state index contributed by atoms with van der Waals surface area (Å²) in [6.45, 7) is 1.93. The minimum absolute atomic E-state index is 0.328. The van der Waals surface area contributed by atoms with Crippen LogP contribution in [0.1, 0.15) is 49.4 Å². The van der Waals surface area contributed by atoms with E-state index in [0.29, 0.717) is 6.04 Å². The van der Waals surface area contributed by atoms with Crippen LogP contribution in [0.25, 0.3) is 0 Å². The van der Waals surface area contributed by atoms with Crippen molar-refractivity contribution in [3.8, 4) is 0 Å². The smallest absolute Gasteiger partial charge is 0.239 e. The standard InChI is InChI=1S/C14H21N3O/c1-10-7-8-11(9-16-10)13(14(15)18)17-12-5-3-2-4-6-12/h7-9,12-13,17H,2-6H2,1H3,(H2,15,18). The molecule has 0 radical (unpaired) electrons. The first kappa shape index (κ1) is 13.0. The Morgan fingerprint density at radius 3 is 2.67 bits per heavy atom. The molecule has 1 aromatic heterocycles. The predicted octanol–water partition coefficient (Wildman–Crippen LogP) is 1.84. The maximum atomic E-state index is 11.6. The van der Waals surface area contributed by atoms with Gasteiger partial charge in [-0.2, -0.15) is 0 Å². The number of rotatable bonds is 4. The lowest BCUT2D eigenvalue weighted by Gasteiger charge is -2.27. The predicted molar refractivity (Wildman–Crippen MR) is 70.9 cm³/mol. The molecule has 1 heterocycles. The lowest BCUT2D eigenvalue weighted by molar-refractivity contribution is -0.120. The van der Waals surface area contributed by atoms with Gasteiger partial charge in [0.05, 0.1) is 0 Å². The van der Waals surface area contributed by atoms with Crippen LogP contribution in [0.2, 0.25) is 0 Å². The van der Waals surface area contributed by atoms with Gasteiger partial charge in [0, 0.05) is 17.9 Å². The molecule has 1 amide bonds. The van der Waals surface area contributed by atoms with Crippen molar-refractivity contribution in [2.75, 3.05) is 0 Å². The summed E-state index contributed by atoms with van der Waals surface area (Å²) in [5.41, 5.74) is 7.30. The Morgan fingerprint density at radius 1 is 1.39 bits per heavy atom. The van der Waals surface area contributed by atoms with E-state index in [0.717, 1.165) is 24.1 Å². The fraction of sp³-hybridized carbons (Fsp3) is 0.571. The Kier molecular flexibility index (Phi) is 4.31. The van der Waals surface area contributed by atoms with Gasteiger partial charge < -0.3 is 5.73 Å². The van der Waals surface area contributed by atoms with Gasteiger partial charge in [-0.05, 0) is 31.4 Å². The fourth-order valence-electron chi connectivity index (χ4n) is 2.50. The van der Waals surface area contributed by atoms with E-state index in [1.54, 1.807) is 6.20 Å². The Hall–Kier alpha value is -1.42. The zero-order valence-electron chi connectivity index (χ0n) is 10.9. The minimum atomic E-state index is -0.416. The number of primary amides is 1. The van der Waals surface area contributed by atoms with Crippen molar-refractivity contribution in [3.05, 3.63) is 29.6 Å². The number of nitrogens with one attached hydrogen (secondary N) is 1. The first-order valence-electron chi connectivity index (χ1n) is 6.65. The molecule has 1 unspecified atom stereocenters. The average Bonchev–Trinajstić information content (AvgIpc) is 2.38. The highest BCUT2D eigenvalue weighted by Crippen LogP contribution is 2.21. The molecule has 4 nitrogen and oxygen atoms in total. The molecule has 0 bridgehead atoms. The number of nitrogens with two attached hydrogens (primary N) is 1. The van der Waals surface area contributed by atoms with Crippen molar-refractivity contribution < 1.29 is 4.79 Å². The molecule has 1 saturated carbocycles. The molecule has 0 aromatic carbocycles. The Morgan fingerprint density at radius 2 is 2.11 bits per heavy atom. The zero-order valence-corrected chi connectivity index (χ0v) is 10.9. The minimum Gasteiger partial charge on any atom is -0.368 e. The van der Waals surface area contributed by atoms with Crippen LogP contribution in [0, 0.1) is 6.92 Å².